The van der Waals surface area contributed by atoms with Gasteiger partial charge in [-0.25, -0.2) is 0 Å². The van der Waals surface area contributed by atoms with Crippen LogP contribution in [0.1, 0.15) is 16.1 Å². The molecule has 2 heterocycles. The Morgan fingerprint density at radius 3 is 2.61 bits per heavy atom. The van der Waals surface area contributed by atoms with Crippen molar-refractivity contribution in [1.82, 2.24) is 14.8 Å². The van der Waals surface area contributed by atoms with Crippen LogP contribution in [-0.4, -0.2) is 58.7 Å². The Morgan fingerprint density at radius 1 is 1.33 bits per heavy atom. The lowest BCUT2D eigenvalue weighted by atomic mass is 10.2. The van der Waals surface area contributed by atoms with E-state index in [1.165, 1.54) is 0 Å². The summed E-state index contributed by atoms with van der Waals surface area (Å²) < 4.78 is 0. The fourth-order valence-electron chi connectivity index (χ4n) is 2.07. The molecule has 18 heavy (non-hydrogen) atoms. The van der Waals surface area contributed by atoms with E-state index in [-0.39, 0.29) is 5.91 Å². The monoisotopic (exact) mass is 311 g/mol. The molecule has 0 aliphatic carbocycles. The second kappa shape index (κ2) is 6.29. The van der Waals surface area contributed by atoms with Gasteiger partial charge in [0, 0.05) is 49.9 Å². The van der Waals surface area contributed by atoms with E-state index >= 15 is 0 Å². The minimum atomic E-state index is 0.0981. The average Bonchev–Trinajstić information content (AvgIpc) is 2.40. The van der Waals surface area contributed by atoms with E-state index in [9.17, 15) is 4.79 Å². The Morgan fingerprint density at radius 2 is 2.06 bits per heavy atom. The molecule has 0 aromatic carbocycles. The Bertz CT molecular complexity index is 399. The van der Waals surface area contributed by atoms with Gasteiger partial charge in [0.25, 0.3) is 5.91 Å². The number of hydrogen-bond donors (Lipinski definition) is 0. The van der Waals surface area contributed by atoms with E-state index in [2.05, 4.69) is 25.8 Å². The maximum Gasteiger partial charge on any atom is 0.255 e. The number of alkyl halides is 1. The molecule has 1 amide bonds. The van der Waals surface area contributed by atoms with Crippen molar-refractivity contribution in [2.75, 3.05) is 38.1 Å². The zero-order valence-corrected chi connectivity index (χ0v) is 12.2. The lowest BCUT2D eigenvalue weighted by molar-refractivity contribution is 0.0644. The Kier molecular flexibility index (Phi) is 4.72. The molecular formula is C13H18BrN3O. The predicted molar refractivity (Wildman–Crippen MR) is 75.1 cm³/mol. The molecule has 0 bridgehead atoms. The van der Waals surface area contributed by atoms with Gasteiger partial charge in [0.2, 0.25) is 0 Å². The van der Waals surface area contributed by atoms with Crippen molar-refractivity contribution in [3.05, 3.63) is 29.6 Å². The minimum Gasteiger partial charge on any atom is -0.336 e. The number of aromatic nitrogens is 1. The SMILES string of the molecule is Cc1ccc(C(=O)N2CCN(CCBr)CC2)cn1. The lowest BCUT2D eigenvalue weighted by Gasteiger charge is -2.34. The highest BCUT2D eigenvalue weighted by atomic mass is 79.9. The number of nitrogens with zero attached hydrogens (tertiary/aromatic N) is 3. The van der Waals surface area contributed by atoms with E-state index < -0.39 is 0 Å². The van der Waals surface area contributed by atoms with E-state index in [0.29, 0.717) is 5.56 Å². The molecule has 0 unspecified atom stereocenters. The number of pyridine rings is 1. The maximum atomic E-state index is 12.2. The molecule has 2 rings (SSSR count). The second-order valence-electron chi connectivity index (χ2n) is 4.51. The van der Waals surface area contributed by atoms with Crippen molar-refractivity contribution in [3.63, 3.8) is 0 Å². The van der Waals surface area contributed by atoms with Gasteiger partial charge in [-0.15, -0.1) is 0 Å². The summed E-state index contributed by atoms with van der Waals surface area (Å²) in [5.74, 6) is 0.0981. The normalized spacial score (nSPS) is 16.9. The van der Waals surface area contributed by atoms with Gasteiger partial charge in [0.05, 0.1) is 5.56 Å². The Labute approximate surface area is 116 Å². The molecule has 4 nitrogen and oxygen atoms in total. The molecule has 1 aliphatic rings. The molecular weight excluding hydrogens is 294 g/mol. The van der Waals surface area contributed by atoms with Gasteiger partial charge >= 0.3 is 0 Å². The summed E-state index contributed by atoms with van der Waals surface area (Å²) in [4.78, 5) is 20.7. The van der Waals surface area contributed by atoms with Crippen LogP contribution < -0.4 is 0 Å². The molecule has 1 aliphatic heterocycles. The summed E-state index contributed by atoms with van der Waals surface area (Å²) in [7, 11) is 0. The van der Waals surface area contributed by atoms with Gasteiger partial charge < -0.3 is 4.90 Å². The number of rotatable bonds is 3. The highest BCUT2D eigenvalue weighted by Crippen LogP contribution is 2.08. The first-order valence-electron chi connectivity index (χ1n) is 6.21. The van der Waals surface area contributed by atoms with Crippen LogP contribution in [0, 0.1) is 6.92 Å². The third-order valence-electron chi connectivity index (χ3n) is 3.22. The van der Waals surface area contributed by atoms with Crippen LogP contribution in [0.5, 0.6) is 0 Å². The van der Waals surface area contributed by atoms with Crippen molar-refractivity contribution in [3.8, 4) is 0 Å². The summed E-state index contributed by atoms with van der Waals surface area (Å²) in [5, 5.41) is 0.989. The van der Waals surface area contributed by atoms with Crippen molar-refractivity contribution < 1.29 is 4.79 Å². The molecule has 0 atom stereocenters. The fraction of sp³-hybridized carbons (Fsp3) is 0.538. The first-order chi connectivity index (χ1) is 8.70. The zero-order valence-electron chi connectivity index (χ0n) is 10.6. The number of hydrogen-bond acceptors (Lipinski definition) is 3. The van der Waals surface area contributed by atoms with Crippen molar-refractivity contribution in [2.24, 2.45) is 0 Å². The molecule has 5 heteroatoms. The first-order valence-corrected chi connectivity index (χ1v) is 7.33. The molecule has 1 aromatic rings. The van der Waals surface area contributed by atoms with Crippen molar-refractivity contribution in [2.45, 2.75) is 6.92 Å². The molecule has 0 spiro atoms. The van der Waals surface area contributed by atoms with Crippen LogP contribution in [0.25, 0.3) is 0 Å². The van der Waals surface area contributed by atoms with Crippen LogP contribution >= 0.6 is 15.9 Å². The molecule has 0 N–H and O–H groups in total. The van der Waals surface area contributed by atoms with Gasteiger partial charge in [-0.3, -0.25) is 14.7 Å². The third kappa shape index (κ3) is 3.29. The van der Waals surface area contributed by atoms with Crippen LogP contribution in [0.2, 0.25) is 0 Å². The van der Waals surface area contributed by atoms with Crippen LogP contribution in [0.15, 0.2) is 18.3 Å². The van der Waals surface area contributed by atoms with Gasteiger partial charge in [-0.05, 0) is 19.1 Å². The highest BCUT2D eigenvalue weighted by Gasteiger charge is 2.21. The topological polar surface area (TPSA) is 36.4 Å². The molecule has 0 radical (unpaired) electrons. The molecule has 1 saturated heterocycles. The maximum absolute atomic E-state index is 12.2. The average molecular weight is 312 g/mol. The fourth-order valence-corrected chi connectivity index (χ4v) is 2.57. The van der Waals surface area contributed by atoms with Gasteiger partial charge in [0.15, 0.2) is 0 Å². The molecule has 1 fully saturated rings. The lowest BCUT2D eigenvalue weighted by Crippen LogP contribution is -2.49. The number of halogens is 1. The third-order valence-corrected chi connectivity index (χ3v) is 3.57. The molecule has 98 valence electrons. The van der Waals surface area contributed by atoms with Gasteiger partial charge in [-0.1, -0.05) is 15.9 Å². The summed E-state index contributed by atoms with van der Waals surface area (Å²) in [6.07, 6.45) is 1.67. The summed E-state index contributed by atoms with van der Waals surface area (Å²) in [6, 6.07) is 3.74. The second-order valence-corrected chi connectivity index (χ2v) is 5.30. The Balaban J connectivity index is 1.93. The van der Waals surface area contributed by atoms with Crippen LogP contribution in [-0.2, 0) is 0 Å². The number of amides is 1. The van der Waals surface area contributed by atoms with E-state index in [4.69, 9.17) is 0 Å². The smallest absolute Gasteiger partial charge is 0.255 e. The number of piperazine rings is 1. The van der Waals surface area contributed by atoms with E-state index in [1.807, 2.05) is 24.0 Å². The summed E-state index contributed by atoms with van der Waals surface area (Å²) >= 11 is 3.44. The van der Waals surface area contributed by atoms with Gasteiger partial charge in [0.1, 0.15) is 0 Å². The summed E-state index contributed by atoms with van der Waals surface area (Å²) in [6.45, 7) is 6.49. The highest BCUT2D eigenvalue weighted by molar-refractivity contribution is 9.09. The van der Waals surface area contributed by atoms with Crippen molar-refractivity contribution >= 4 is 21.8 Å². The van der Waals surface area contributed by atoms with Gasteiger partial charge in [-0.2, -0.15) is 0 Å². The quantitative estimate of drug-likeness (QED) is 0.795. The van der Waals surface area contributed by atoms with Crippen molar-refractivity contribution in [1.29, 1.82) is 0 Å². The first kappa shape index (κ1) is 13.5. The van der Waals surface area contributed by atoms with Crippen LogP contribution in [0.3, 0.4) is 0 Å². The summed E-state index contributed by atoms with van der Waals surface area (Å²) in [5.41, 5.74) is 1.63. The number of carbonyl (C=O) groups is 1. The van der Waals surface area contributed by atoms with Crippen LogP contribution in [0.4, 0.5) is 0 Å². The largest absolute Gasteiger partial charge is 0.336 e. The number of aryl methyl sites for hydroxylation is 1. The molecule has 1 aromatic heterocycles. The zero-order chi connectivity index (χ0) is 13.0. The Hall–Kier alpha value is -0.940. The standard InChI is InChI=1S/C13H18BrN3O/c1-11-2-3-12(10-15-11)13(18)17-8-6-16(5-4-14)7-9-17/h2-3,10H,4-9H2,1H3. The minimum absolute atomic E-state index is 0.0981. The van der Waals surface area contributed by atoms with E-state index in [1.54, 1.807) is 6.20 Å². The molecule has 0 saturated carbocycles. The van der Waals surface area contributed by atoms with E-state index in [0.717, 1.165) is 43.7 Å². The number of carbonyl (C=O) groups excluding carboxylic acids is 1. The predicted octanol–water partition coefficient (Wildman–Crippen LogP) is 1.54.